The normalized spacial score (nSPS) is 22.3. The second-order valence-electron chi connectivity index (χ2n) is 4.48. The molecule has 0 radical (unpaired) electrons. The van der Waals surface area contributed by atoms with Crippen LogP contribution < -0.4 is 0 Å². The zero-order chi connectivity index (χ0) is 13.3. The summed E-state index contributed by atoms with van der Waals surface area (Å²) in [5.41, 5.74) is 0. The molecule has 1 saturated heterocycles. The number of piperidine rings is 1. The lowest BCUT2D eigenvalue weighted by atomic mass is 10.0. The highest BCUT2D eigenvalue weighted by atomic mass is 79.9. The average Bonchev–Trinajstić information content (AvgIpc) is 2.69. The third kappa shape index (κ3) is 2.33. The summed E-state index contributed by atoms with van der Waals surface area (Å²) < 4.78 is 28.5. The number of nitrogens with zero attached hydrogens (tertiary/aromatic N) is 4. The zero-order valence-corrected chi connectivity index (χ0v) is 12.9. The number of hydrogen-bond donors (Lipinski definition) is 0. The number of aromatic nitrogens is 3. The largest absolute Gasteiger partial charge is 0.263 e. The molecule has 2 rings (SSSR count). The third-order valence-electron chi connectivity index (χ3n) is 3.33. The molecule has 1 unspecified atom stereocenters. The van der Waals surface area contributed by atoms with Gasteiger partial charge in [0.15, 0.2) is 4.60 Å². The molecule has 1 fully saturated rings. The van der Waals surface area contributed by atoms with Crippen molar-refractivity contribution in [2.75, 3.05) is 6.54 Å². The van der Waals surface area contributed by atoms with Gasteiger partial charge >= 0.3 is 0 Å². The van der Waals surface area contributed by atoms with Crippen LogP contribution in [0.2, 0.25) is 0 Å². The molecule has 8 heteroatoms. The first-order valence-electron chi connectivity index (χ1n) is 6.05. The molecule has 2 heterocycles. The van der Waals surface area contributed by atoms with Crippen LogP contribution >= 0.6 is 15.9 Å². The highest BCUT2D eigenvalue weighted by molar-refractivity contribution is 9.10. The minimum atomic E-state index is -3.52. The van der Waals surface area contributed by atoms with Crippen LogP contribution in [-0.4, -0.2) is 40.3 Å². The van der Waals surface area contributed by atoms with Gasteiger partial charge in [-0.3, -0.25) is 0 Å². The Hall–Kier alpha value is -0.470. The lowest BCUT2D eigenvalue weighted by Gasteiger charge is -2.33. The van der Waals surface area contributed by atoms with Crippen molar-refractivity contribution >= 4 is 26.0 Å². The van der Waals surface area contributed by atoms with Crippen molar-refractivity contribution < 1.29 is 8.42 Å². The molecule has 0 spiro atoms. The Balaban J connectivity index is 2.41. The van der Waals surface area contributed by atoms with E-state index in [0.29, 0.717) is 6.54 Å². The third-order valence-corrected chi connectivity index (χ3v) is 6.18. The molecule has 1 aliphatic rings. The summed E-state index contributed by atoms with van der Waals surface area (Å²) in [5.74, 6) is 0. The Morgan fingerprint density at radius 2 is 2.17 bits per heavy atom. The first-order chi connectivity index (χ1) is 8.48. The Kier molecular flexibility index (Phi) is 4.08. The van der Waals surface area contributed by atoms with Crippen molar-refractivity contribution in [3.8, 4) is 0 Å². The zero-order valence-electron chi connectivity index (χ0n) is 10.5. The molecule has 1 aliphatic heterocycles. The molecule has 1 atom stereocenters. The molecule has 6 nitrogen and oxygen atoms in total. The first-order valence-corrected chi connectivity index (χ1v) is 8.28. The van der Waals surface area contributed by atoms with Gasteiger partial charge in [0.05, 0.1) is 0 Å². The molecule has 102 valence electrons. The SMILES string of the molecule is CCC1CCCCN1S(=O)(=O)c1c(Br)nnn1C. The molecule has 0 aliphatic carbocycles. The van der Waals surface area contributed by atoms with E-state index < -0.39 is 10.0 Å². The first kappa shape index (κ1) is 14.0. The minimum absolute atomic E-state index is 0.0885. The molecular formula is C10H17BrN4O2S. The molecule has 1 aromatic heterocycles. The van der Waals surface area contributed by atoms with E-state index in [2.05, 4.69) is 26.2 Å². The lowest BCUT2D eigenvalue weighted by molar-refractivity contribution is 0.245. The van der Waals surface area contributed by atoms with Gasteiger partial charge in [0, 0.05) is 19.6 Å². The maximum absolute atomic E-state index is 12.7. The summed E-state index contributed by atoms with van der Waals surface area (Å²) in [4.78, 5) is 0. The molecule has 0 aromatic carbocycles. The van der Waals surface area contributed by atoms with Crippen molar-refractivity contribution in [3.63, 3.8) is 0 Å². The molecule has 0 amide bonds. The number of aryl methyl sites for hydroxylation is 1. The second kappa shape index (κ2) is 5.26. The highest BCUT2D eigenvalue weighted by Gasteiger charge is 2.36. The van der Waals surface area contributed by atoms with Crippen molar-refractivity contribution in [2.24, 2.45) is 7.05 Å². The Labute approximate surface area is 116 Å². The van der Waals surface area contributed by atoms with E-state index in [1.54, 1.807) is 11.4 Å². The van der Waals surface area contributed by atoms with Crippen molar-refractivity contribution in [1.29, 1.82) is 0 Å². The fourth-order valence-corrected chi connectivity index (χ4v) is 5.21. The predicted octanol–water partition coefficient (Wildman–Crippen LogP) is 1.53. The van der Waals surface area contributed by atoms with Gasteiger partial charge < -0.3 is 0 Å². The van der Waals surface area contributed by atoms with Gasteiger partial charge in [-0.2, -0.15) is 4.31 Å². The summed E-state index contributed by atoms with van der Waals surface area (Å²) in [7, 11) is -1.92. The highest BCUT2D eigenvalue weighted by Crippen LogP contribution is 2.29. The smallest absolute Gasteiger partial charge is 0.235 e. The predicted molar refractivity (Wildman–Crippen MR) is 70.5 cm³/mol. The fourth-order valence-electron chi connectivity index (χ4n) is 2.41. The summed E-state index contributed by atoms with van der Waals surface area (Å²) in [6, 6.07) is 0.0885. The standard InChI is InChI=1S/C10H17BrN4O2S/c1-3-8-6-4-5-7-15(8)18(16,17)10-9(11)12-13-14(10)2/h8H,3-7H2,1-2H3. The minimum Gasteiger partial charge on any atom is -0.235 e. The topological polar surface area (TPSA) is 68.1 Å². The van der Waals surface area contributed by atoms with Crippen LogP contribution in [0.1, 0.15) is 32.6 Å². The monoisotopic (exact) mass is 336 g/mol. The van der Waals surface area contributed by atoms with Gasteiger partial charge in [-0.25, -0.2) is 13.1 Å². The molecule has 18 heavy (non-hydrogen) atoms. The molecule has 0 N–H and O–H groups in total. The van der Waals surface area contributed by atoms with E-state index in [9.17, 15) is 8.42 Å². The summed E-state index contributed by atoms with van der Waals surface area (Å²) in [6.45, 7) is 2.60. The number of halogens is 1. The number of sulfonamides is 1. The maximum atomic E-state index is 12.7. The van der Waals surface area contributed by atoms with Crippen LogP contribution in [0.5, 0.6) is 0 Å². The fraction of sp³-hybridized carbons (Fsp3) is 0.800. The van der Waals surface area contributed by atoms with Gasteiger partial charge in [0.25, 0.3) is 10.0 Å². The molecular weight excluding hydrogens is 320 g/mol. The summed E-state index contributed by atoms with van der Waals surface area (Å²) in [6.07, 6.45) is 3.77. The Morgan fingerprint density at radius 1 is 1.44 bits per heavy atom. The maximum Gasteiger partial charge on any atom is 0.263 e. The van der Waals surface area contributed by atoms with E-state index in [4.69, 9.17) is 0 Å². The van der Waals surface area contributed by atoms with Gasteiger partial charge in [0.2, 0.25) is 5.03 Å². The average molecular weight is 337 g/mol. The van der Waals surface area contributed by atoms with E-state index in [-0.39, 0.29) is 15.7 Å². The molecule has 0 saturated carbocycles. The van der Waals surface area contributed by atoms with Crippen molar-refractivity contribution in [1.82, 2.24) is 19.3 Å². The number of hydrogen-bond acceptors (Lipinski definition) is 4. The van der Waals surface area contributed by atoms with E-state index in [0.717, 1.165) is 25.7 Å². The summed E-state index contributed by atoms with van der Waals surface area (Å²) in [5, 5.41) is 7.64. The Morgan fingerprint density at radius 3 is 2.72 bits per heavy atom. The van der Waals surface area contributed by atoms with Crippen LogP contribution in [-0.2, 0) is 17.1 Å². The van der Waals surface area contributed by atoms with Gasteiger partial charge in [-0.15, -0.1) is 5.10 Å². The Bertz CT molecular complexity index is 508. The van der Waals surface area contributed by atoms with Crippen LogP contribution in [0.25, 0.3) is 0 Å². The van der Waals surface area contributed by atoms with Gasteiger partial charge in [0.1, 0.15) is 0 Å². The van der Waals surface area contributed by atoms with E-state index >= 15 is 0 Å². The van der Waals surface area contributed by atoms with E-state index in [1.165, 1.54) is 4.68 Å². The lowest BCUT2D eigenvalue weighted by Crippen LogP contribution is -2.43. The molecule has 1 aromatic rings. The molecule has 0 bridgehead atoms. The van der Waals surface area contributed by atoms with Crippen molar-refractivity contribution in [2.45, 2.75) is 43.7 Å². The summed E-state index contributed by atoms with van der Waals surface area (Å²) >= 11 is 3.16. The number of rotatable bonds is 3. The van der Waals surface area contributed by atoms with E-state index in [1.807, 2.05) is 6.92 Å². The van der Waals surface area contributed by atoms with Crippen LogP contribution in [0.15, 0.2) is 9.63 Å². The van der Waals surface area contributed by atoms with Crippen molar-refractivity contribution in [3.05, 3.63) is 4.60 Å². The van der Waals surface area contributed by atoms with Crippen LogP contribution in [0.4, 0.5) is 0 Å². The van der Waals surface area contributed by atoms with Crippen LogP contribution in [0, 0.1) is 0 Å². The van der Waals surface area contributed by atoms with Crippen LogP contribution in [0.3, 0.4) is 0 Å². The quantitative estimate of drug-likeness (QED) is 0.839. The van der Waals surface area contributed by atoms with Gasteiger partial charge in [-0.05, 0) is 35.2 Å². The van der Waals surface area contributed by atoms with Gasteiger partial charge in [-0.1, -0.05) is 18.6 Å². The second-order valence-corrected chi connectivity index (χ2v) is 7.04.